The normalized spacial score (nSPS) is 17.1. The predicted molar refractivity (Wildman–Crippen MR) is 65.0 cm³/mol. The minimum Gasteiger partial charge on any atom is -0.378 e. The van der Waals surface area contributed by atoms with E-state index in [1.807, 2.05) is 6.07 Å². The molecule has 2 heterocycles. The van der Waals surface area contributed by atoms with Gasteiger partial charge in [-0.2, -0.15) is 0 Å². The van der Waals surface area contributed by atoms with E-state index in [1.54, 1.807) is 6.20 Å². The molecule has 0 unspecified atom stereocenters. The first-order valence-electron chi connectivity index (χ1n) is 4.42. The Morgan fingerprint density at radius 1 is 1.43 bits per heavy atom. The third kappa shape index (κ3) is 2.12. The number of hydrogen-bond donors (Lipinski definition) is 0. The minimum absolute atomic E-state index is 0.745. The maximum Gasteiger partial charge on any atom is 0.148 e. The van der Waals surface area contributed by atoms with Crippen LogP contribution < -0.4 is 4.90 Å². The van der Waals surface area contributed by atoms with E-state index < -0.39 is 0 Å². The molecule has 0 saturated carbocycles. The zero-order valence-corrected chi connectivity index (χ0v) is 10.5. The van der Waals surface area contributed by atoms with E-state index in [-0.39, 0.29) is 0 Å². The molecule has 1 aromatic rings. The lowest BCUT2D eigenvalue weighted by atomic mass is 10.4. The van der Waals surface area contributed by atoms with Crippen molar-refractivity contribution in [3.8, 4) is 0 Å². The van der Waals surface area contributed by atoms with Crippen molar-refractivity contribution in [1.29, 1.82) is 0 Å². The van der Waals surface area contributed by atoms with Crippen molar-refractivity contribution in [2.75, 3.05) is 31.2 Å². The summed E-state index contributed by atoms with van der Waals surface area (Å²) in [4.78, 5) is 6.46. The lowest BCUT2D eigenvalue weighted by Crippen LogP contribution is -2.37. The second kappa shape index (κ2) is 4.63. The maximum absolute atomic E-state index is 6.17. The van der Waals surface area contributed by atoms with Crippen LogP contribution in [-0.4, -0.2) is 31.3 Å². The third-order valence-corrected chi connectivity index (χ3v) is 3.72. The largest absolute Gasteiger partial charge is 0.378 e. The molecular formula is C9H10ClIN2O. The van der Waals surface area contributed by atoms with Crippen LogP contribution in [0.1, 0.15) is 0 Å². The molecule has 0 spiro atoms. The van der Waals surface area contributed by atoms with Crippen LogP contribution in [0.15, 0.2) is 12.3 Å². The Hall–Kier alpha value is -0.0700. The SMILES string of the molecule is Clc1c(I)ccnc1N1CCOCC1. The molecule has 0 radical (unpaired) electrons. The highest BCUT2D eigenvalue weighted by Gasteiger charge is 2.16. The highest BCUT2D eigenvalue weighted by atomic mass is 127. The second-order valence-corrected chi connectivity index (χ2v) is 4.57. The fourth-order valence-electron chi connectivity index (χ4n) is 1.41. The minimum atomic E-state index is 0.745. The summed E-state index contributed by atoms with van der Waals surface area (Å²) in [5, 5.41) is 0.745. The van der Waals surface area contributed by atoms with E-state index in [0.717, 1.165) is 40.7 Å². The quantitative estimate of drug-likeness (QED) is 0.741. The van der Waals surface area contributed by atoms with Gasteiger partial charge in [0.05, 0.1) is 18.2 Å². The van der Waals surface area contributed by atoms with Gasteiger partial charge >= 0.3 is 0 Å². The Morgan fingerprint density at radius 2 is 2.14 bits per heavy atom. The molecule has 1 aliphatic heterocycles. The summed E-state index contributed by atoms with van der Waals surface area (Å²) in [6.07, 6.45) is 1.79. The Morgan fingerprint density at radius 3 is 2.86 bits per heavy atom. The zero-order valence-electron chi connectivity index (χ0n) is 7.54. The lowest BCUT2D eigenvalue weighted by molar-refractivity contribution is 0.122. The molecule has 14 heavy (non-hydrogen) atoms. The average Bonchev–Trinajstić information content (AvgIpc) is 2.23. The number of rotatable bonds is 1. The Balaban J connectivity index is 2.26. The van der Waals surface area contributed by atoms with Crippen molar-refractivity contribution in [2.24, 2.45) is 0 Å². The molecule has 1 saturated heterocycles. The number of halogens is 2. The van der Waals surface area contributed by atoms with Gasteiger partial charge in [-0.05, 0) is 28.7 Å². The Kier molecular flexibility index (Phi) is 3.46. The highest BCUT2D eigenvalue weighted by Crippen LogP contribution is 2.28. The molecule has 0 aliphatic carbocycles. The Labute approximate surface area is 102 Å². The smallest absolute Gasteiger partial charge is 0.148 e. The van der Waals surface area contributed by atoms with Crippen molar-refractivity contribution in [3.63, 3.8) is 0 Å². The monoisotopic (exact) mass is 324 g/mol. The second-order valence-electron chi connectivity index (χ2n) is 3.03. The third-order valence-electron chi connectivity index (χ3n) is 2.13. The van der Waals surface area contributed by atoms with Gasteiger partial charge in [-0.3, -0.25) is 0 Å². The molecule has 2 rings (SSSR count). The van der Waals surface area contributed by atoms with Crippen molar-refractivity contribution in [2.45, 2.75) is 0 Å². The van der Waals surface area contributed by atoms with Crippen LogP contribution >= 0.6 is 34.2 Å². The van der Waals surface area contributed by atoms with Crippen LogP contribution in [-0.2, 0) is 4.74 Å². The molecule has 5 heteroatoms. The number of ether oxygens (including phenoxy) is 1. The van der Waals surface area contributed by atoms with Gasteiger partial charge in [0.25, 0.3) is 0 Å². The van der Waals surface area contributed by atoms with Gasteiger partial charge in [0.1, 0.15) is 5.82 Å². The van der Waals surface area contributed by atoms with Crippen LogP contribution in [0.5, 0.6) is 0 Å². The number of morpholine rings is 1. The molecule has 0 bridgehead atoms. The Bertz CT molecular complexity index is 329. The molecule has 0 aromatic carbocycles. The van der Waals surface area contributed by atoms with E-state index in [9.17, 15) is 0 Å². The van der Waals surface area contributed by atoms with Crippen molar-refractivity contribution >= 4 is 40.0 Å². The van der Waals surface area contributed by atoms with Gasteiger partial charge in [0, 0.05) is 22.9 Å². The number of hydrogen-bond acceptors (Lipinski definition) is 3. The van der Waals surface area contributed by atoms with E-state index in [0.29, 0.717) is 0 Å². The number of aromatic nitrogens is 1. The first kappa shape index (κ1) is 10.4. The molecule has 0 N–H and O–H groups in total. The maximum atomic E-state index is 6.17. The highest BCUT2D eigenvalue weighted by molar-refractivity contribution is 14.1. The molecule has 0 atom stereocenters. The summed E-state index contributed by atoms with van der Waals surface area (Å²) >= 11 is 8.39. The first-order valence-corrected chi connectivity index (χ1v) is 5.87. The summed E-state index contributed by atoms with van der Waals surface area (Å²) in [7, 11) is 0. The number of nitrogens with zero attached hydrogens (tertiary/aromatic N) is 2. The van der Waals surface area contributed by atoms with Crippen molar-refractivity contribution in [1.82, 2.24) is 4.98 Å². The molecule has 76 valence electrons. The first-order chi connectivity index (χ1) is 6.79. The van der Waals surface area contributed by atoms with Gasteiger partial charge < -0.3 is 9.64 Å². The van der Waals surface area contributed by atoms with E-state index >= 15 is 0 Å². The van der Waals surface area contributed by atoms with Gasteiger partial charge in [-0.25, -0.2) is 4.98 Å². The van der Waals surface area contributed by atoms with Gasteiger partial charge in [0.2, 0.25) is 0 Å². The fraction of sp³-hybridized carbons (Fsp3) is 0.444. The molecule has 1 aliphatic rings. The fourth-order valence-corrected chi connectivity index (χ4v) is 2.04. The molecule has 3 nitrogen and oxygen atoms in total. The van der Waals surface area contributed by atoms with E-state index in [1.165, 1.54) is 0 Å². The molecule has 1 fully saturated rings. The lowest BCUT2D eigenvalue weighted by Gasteiger charge is -2.28. The van der Waals surface area contributed by atoms with Crippen LogP contribution in [0, 0.1) is 3.57 Å². The summed E-state index contributed by atoms with van der Waals surface area (Å²) < 4.78 is 6.32. The summed E-state index contributed by atoms with van der Waals surface area (Å²) in [5.41, 5.74) is 0. The average molecular weight is 325 g/mol. The van der Waals surface area contributed by atoms with Gasteiger partial charge in [-0.15, -0.1) is 0 Å². The van der Waals surface area contributed by atoms with Crippen LogP contribution in [0.25, 0.3) is 0 Å². The van der Waals surface area contributed by atoms with E-state index in [2.05, 4.69) is 32.5 Å². The predicted octanol–water partition coefficient (Wildman–Crippen LogP) is 2.18. The topological polar surface area (TPSA) is 25.4 Å². The van der Waals surface area contributed by atoms with Crippen molar-refractivity contribution < 1.29 is 4.74 Å². The standard InChI is InChI=1S/C9H10ClIN2O/c10-8-7(11)1-2-12-9(8)13-3-5-14-6-4-13/h1-2H,3-6H2. The van der Waals surface area contributed by atoms with E-state index in [4.69, 9.17) is 16.3 Å². The molecular weight excluding hydrogens is 314 g/mol. The summed E-state index contributed by atoms with van der Waals surface area (Å²) in [6.45, 7) is 3.24. The van der Waals surface area contributed by atoms with Crippen LogP contribution in [0.3, 0.4) is 0 Å². The molecule has 1 aromatic heterocycles. The molecule has 0 amide bonds. The van der Waals surface area contributed by atoms with Crippen LogP contribution in [0.2, 0.25) is 5.02 Å². The summed E-state index contributed by atoms with van der Waals surface area (Å²) in [5.74, 6) is 0.877. The van der Waals surface area contributed by atoms with Crippen LogP contribution in [0.4, 0.5) is 5.82 Å². The number of pyridine rings is 1. The number of anilines is 1. The van der Waals surface area contributed by atoms with Crippen molar-refractivity contribution in [3.05, 3.63) is 20.9 Å². The van der Waals surface area contributed by atoms with Gasteiger partial charge in [-0.1, -0.05) is 11.6 Å². The summed E-state index contributed by atoms with van der Waals surface area (Å²) in [6, 6.07) is 1.91. The zero-order chi connectivity index (χ0) is 9.97. The van der Waals surface area contributed by atoms with Gasteiger partial charge in [0.15, 0.2) is 0 Å².